The molecule has 2 fully saturated rings. The minimum absolute atomic E-state index is 0.149. The largest absolute Gasteiger partial charge is 0.491 e. The van der Waals surface area contributed by atoms with Crippen molar-refractivity contribution in [1.29, 1.82) is 0 Å². The van der Waals surface area contributed by atoms with Crippen LogP contribution in [0.4, 0.5) is 5.69 Å². The molecule has 2 aliphatic heterocycles. The van der Waals surface area contributed by atoms with Crippen molar-refractivity contribution in [2.24, 2.45) is 0 Å². The van der Waals surface area contributed by atoms with Crippen molar-refractivity contribution in [3.05, 3.63) is 54.2 Å². The molecule has 6 rings (SSSR count). The molecule has 1 saturated heterocycles. The number of benzene rings is 2. The summed E-state index contributed by atoms with van der Waals surface area (Å²) in [6.07, 6.45) is 7.29. The minimum atomic E-state index is 0.149. The molecule has 1 aliphatic carbocycles. The summed E-state index contributed by atoms with van der Waals surface area (Å²) >= 11 is 0. The fraction of sp³-hybridized carbons (Fsp3) is 0.480. The van der Waals surface area contributed by atoms with Gasteiger partial charge >= 0.3 is 0 Å². The Kier molecular flexibility index (Phi) is 4.84. The van der Waals surface area contributed by atoms with E-state index in [1.54, 1.807) is 0 Å². The maximum absolute atomic E-state index is 6.22. The van der Waals surface area contributed by atoms with Gasteiger partial charge in [0, 0.05) is 36.5 Å². The van der Waals surface area contributed by atoms with Crippen molar-refractivity contribution in [1.82, 2.24) is 14.7 Å². The highest BCUT2D eigenvalue weighted by molar-refractivity contribution is 5.91. The van der Waals surface area contributed by atoms with Gasteiger partial charge < -0.3 is 14.8 Å². The molecule has 1 saturated carbocycles. The Morgan fingerprint density at radius 1 is 1.10 bits per heavy atom. The first-order valence-electron chi connectivity index (χ1n) is 11.5. The van der Waals surface area contributed by atoms with Crippen molar-refractivity contribution in [3.8, 4) is 5.75 Å². The molecule has 2 aromatic carbocycles. The van der Waals surface area contributed by atoms with Gasteiger partial charge in [-0.1, -0.05) is 24.3 Å². The molecule has 6 nitrogen and oxygen atoms in total. The molecule has 31 heavy (non-hydrogen) atoms. The number of fused-ring (bicyclic) bond motifs is 2. The first-order valence-corrected chi connectivity index (χ1v) is 11.5. The van der Waals surface area contributed by atoms with Gasteiger partial charge in [-0.25, -0.2) is 0 Å². The van der Waals surface area contributed by atoms with Crippen LogP contribution in [-0.2, 0) is 4.74 Å². The van der Waals surface area contributed by atoms with Gasteiger partial charge in [-0.05, 0) is 50.4 Å². The highest BCUT2D eigenvalue weighted by atomic mass is 16.5. The Bertz CT molecular complexity index is 1080. The van der Waals surface area contributed by atoms with E-state index in [2.05, 4.69) is 63.6 Å². The molecule has 3 aliphatic rings. The lowest BCUT2D eigenvalue weighted by atomic mass is 9.92. The number of ether oxygens (including phenoxy) is 2. The van der Waals surface area contributed by atoms with Crippen molar-refractivity contribution < 1.29 is 9.47 Å². The number of aromatic nitrogens is 2. The second kappa shape index (κ2) is 7.84. The van der Waals surface area contributed by atoms with Crippen molar-refractivity contribution in [3.63, 3.8) is 0 Å². The number of likely N-dealkylation sites (tertiary alicyclic amines) is 1. The first kappa shape index (κ1) is 19.1. The second-order valence-corrected chi connectivity index (χ2v) is 9.11. The van der Waals surface area contributed by atoms with Crippen LogP contribution in [0, 0.1) is 0 Å². The fourth-order valence-corrected chi connectivity index (χ4v) is 5.18. The van der Waals surface area contributed by atoms with Crippen molar-refractivity contribution >= 4 is 16.6 Å². The van der Waals surface area contributed by atoms with Crippen LogP contribution in [-0.4, -0.2) is 53.6 Å². The van der Waals surface area contributed by atoms with Gasteiger partial charge in [0.05, 0.1) is 29.7 Å². The molecule has 3 aromatic rings. The highest BCUT2D eigenvalue weighted by Gasteiger charge is 2.37. The number of methoxy groups -OCH3 is 1. The quantitative estimate of drug-likeness (QED) is 0.666. The van der Waals surface area contributed by atoms with E-state index in [0.717, 1.165) is 42.9 Å². The number of nitrogens with zero attached hydrogens (tertiary/aromatic N) is 3. The van der Waals surface area contributed by atoms with Gasteiger partial charge in [-0.2, -0.15) is 5.10 Å². The van der Waals surface area contributed by atoms with E-state index in [1.165, 1.54) is 23.8 Å². The number of piperidine rings is 1. The minimum Gasteiger partial charge on any atom is -0.491 e. The van der Waals surface area contributed by atoms with Crippen LogP contribution in [0.25, 0.3) is 10.9 Å². The molecule has 0 amide bonds. The van der Waals surface area contributed by atoms with Gasteiger partial charge in [0.15, 0.2) is 0 Å². The third-order valence-electron chi connectivity index (χ3n) is 7.06. The summed E-state index contributed by atoms with van der Waals surface area (Å²) < 4.78 is 14.1. The van der Waals surface area contributed by atoms with E-state index in [9.17, 15) is 0 Å². The SMILES string of the molecule is CO[C@H]1CCCN(C2COc3ccccc3[C@@H]2Nc2cccc3nn(C4CC4)cc23)C1. The molecule has 3 heterocycles. The maximum Gasteiger partial charge on any atom is 0.124 e. The van der Waals surface area contributed by atoms with Crippen LogP contribution in [0.1, 0.15) is 43.3 Å². The van der Waals surface area contributed by atoms with E-state index >= 15 is 0 Å². The molecule has 6 heteroatoms. The standard InChI is InChI=1S/C25H30N4O2/c1-30-18-6-5-13-28(14-18)23-16-31-24-10-3-2-7-19(24)25(23)26-21-8-4-9-22-20(21)15-29(27-22)17-11-12-17/h2-4,7-10,15,17-18,23,25-26H,5-6,11-14,16H2,1H3/t18-,23?,25-/m0/s1. The smallest absolute Gasteiger partial charge is 0.124 e. The van der Waals surface area contributed by atoms with Crippen LogP contribution >= 0.6 is 0 Å². The summed E-state index contributed by atoms with van der Waals surface area (Å²) in [5.74, 6) is 0.984. The number of para-hydroxylation sites is 1. The summed E-state index contributed by atoms with van der Waals surface area (Å²) in [7, 11) is 1.83. The Hall–Kier alpha value is -2.57. The zero-order chi connectivity index (χ0) is 20.8. The highest BCUT2D eigenvalue weighted by Crippen LogP contribution is 2.40. The summed E-state index contributed by atoms with van der Waals surface area (Å²) in [5.41, 5.74) is 3.44. The lowest BCUT2D eigenvalue weighted by molar-refractivity contribution is -0.00265. The number of nitrogens with one attached hydrogen (secondary N) is 1. The molecule has 1 N–H and O–H groups in total. The molecule has 1 unspecified atom stereocenters. The van der Waals surface area contributed by atoms with Crippen LogP contribution < -0.4 is 10.1 Å². The summed E-state index contributed by atoms with van der Waals surface area (Å²) in [6, 6.07) is 15.8. The molecule has 0 bridgehead atoms. The average molecular weight is 419 g/mol. The number of hydrogen-bond acceptors (Lipinski definition) is 5. The molecule has 0 radical (unpaired) electrons. The molecule has 0 spiro atoms. The average Bonchev–Trinajstić information content (AvgIpc) is 3.58. The van der Waals surface area contributed by atoms with E-state index in [1.807, 2.05) is 7.11 Å². The van der Waals surface area contributed by atoms with Gasteiger partial charge in [0.1, 0.15) is 12.4 Å². The first-order chi connectivity index (χ1) is 15.3. The van der Waals surface area contributed by atoms with Gasteiger partial charge in [0.2, 0.25) is 0 Å². The summed E-state index contributed by atoms with van der Waals surface area (Å²) in [6.45, 7) is 2.72. The molecular weight excluding hydrogens is 388 g/mol. The summed E-state index contributed by atoms with van der Waals surface area (Å²) in [5, 5.41) is 9.94. The zero-order valence-electron chi connectivity index (χ0n) is 18.0. The van der Waals surface area contributed by atoms with Crippen LogP contribution in [0.3, 0.4) is 0 Å². The number of anilines is 1. The topological polar surface area (TPSA) is 51.6 Å². The van der Waals surface area contributed by atoms with Crippen molar-refractivity contribution in [2.75, 3.05) is 32.1 Å². The Morgan fingerprint density at radius 2 is 2.00 bits per heavy atom. The molecule has 162 valence electrons. The summed E-state index contributed by atoms with van der Waals surface area (Å²) in [4.78, 5) is 2.55. The van der Waals surface area contributed by atoms with E-state index in [-0.39, 0.29) is 12.1 Å². The normalized spacial score (nSPS) is 26.4. The monoisotopic (exact) mass is 418 g/mol. The lowest BCUT2D eigenvalue weighted by Gasteiger charge is -2.44. The van der Waals surface area contributed by atoms with E-state index in [4.69, 9.17) is 14.6 Å². The Balaban J connectivity index is 1.36. The number of rotatable bonds is 5. The Morgan fingerprint density at radius 3 is 2.87 bits per heavy atom. The molecular formula is C25H30N4O2. The molecule has 3 atom stereocenters. The van der Waals surface area contributed by atoms with Gasteiger partial charge in [-0.15, -0.1) is 0 Å². The van der Waals surface area contributed by atoms with E-state index in [0.29, 0.717) is 18.8 Å². The second-order valence-electron chi connectivity index (χ2n) is 9.11. The van der Waals surface area contributed by atoms with Crippen LogP contribution in [0.5, 0.6) is 5.75 Å². The number of hydrogen-bond donors (Lipinski definition) is 1. The van der Waals surface area contributed by atoms with Crippen LogP contribution in [0.2, 0.25) is 0 Å². The lowest BCUT2D eigenvalue weighted by Crippen LogP contribution is -2.53. The fourth-order valence-electron chi connectivity index (χ4n) is 5.18. The van der Waals surface area contributed by atoms with Crippen LogP contribution in [0.15, 0.2) is 48.7 Å². The van der Waals surface area contributed by atoms with Gasteiger partial charge in [0.25, 0.3) is 0 Å². The third-order valence-corrected chi connectivity index (χ3v) is 7.06. The predicted octanol–water partition coefficient (Wildman–Crippen LogP) is 4.40. The van der Waals surface area contributed by atoms with Gasteiger partial charge in [-0.3, -0.25) is 9.58 Å². The van der Waals surface area contributed by atoms with Crippen molar-refractivity contribution in [2.45, 2.75) is 49.9 Å². The Labute approximate surface area is 183 Å². The van der Waals surface area contributed by atoms with E-state index < -0.39 is 0 Å². The maximum atomic E-state index is 6.22. The third kappa shape index (κ3) is 3.58. The zero-order valence-corrected chi connectivity index (χ0v) is 18.0. The molecule has 1 aromatic heterocycles. The predicted molar refractivity (Wildman–Crippen MR) is 122 cm³/mol.